The molecule has 3 rings (SSSR count). The number of rotatable bonds is 7. The predicted octanol–water partition coefficient (Wildman–Crippen LogP) is 2.53. The molecule has 0 aromatic heterocycles. The van der Waals surface area contributed by atoms with Crippen molar-refractivity contribution in [2.45, 2.75) is 30.4 Å². The van der Waals surface area contributed by atoms with Gasteiger partial charge in [0, 0.05) is 18.6 Å². The van der Waals surface area contributed by atoms with E-state index in [-0.39, 0.29) is 29.6 Å². The average Bonchev–Trinajstić information content (AvgIpc) is 2.72. The molecule has 2 aromatic rings. The maximum atomic E-state index is 13.1. The van der Waals surface area contributed by atoms with Crippen LogP contribution in [0.4, 0.5) is 11.4 Å². The quantitative estimate of drug-likeness (QED) is 0.668. The Labute approximate surface area is 180 Å². The third-order valence-corrected chi connectivity index (χ3v) is 7.18. The van der Waals surface area contributed by atoms with E-state index in [4.69, 9.17) is 14.2 Å². The van der Waals surface area contributed by atoms with E-state index in [1.54, 1.807) is 31.2 Å². The topological polar surface area (TPSA) is 120 Å². The number of benzene rings is 2. The van der Waals surface area contributed by atoms with Crippen molar-refractivity contribution in [2.24, 2.45) is 0 Å². The molecule has 0 fully saturated rings. The van der Waals surface area contributed by atoms with Crippen molar-refractivity contribution < 1.29 is 32.2 Å². The molecule has 1 heterocycles. The van der Waals surface area contributed by atoms with E-state index in [0.717, 1.165) is 0 Å². The molecule has 1 aliphatic heterocycles. The van der Waals surface area contributed by atoms with Gasteiger partial charge < -0.3 is 24.8 Å². The number of carbonyl (C=O) groups excluding carboxylic acids is 2. The standard InChI is InChI=1S/C21H24N2O7S/c1-12-7-15-18(30-11-21(25)23-15)10-19(12)31(26,27)13(2)8-20(24)22-16-9-14(28-3)5-6-17(16)29-4/h5-7,9-10,13H,8,11H2,1-4H3,(H,22,24)(H,23,25)/t13-/m1/s1. The average molecular weight is 448 g/mol. The highest BCUT2D eigenvalue weighted by atomic mass is 32.2. The smallest absolute Gasteiger partial charge is 0.262 e. The van der Waals surface area contributed by atoms with E-state index < -0.39 is 21.0 Å². The summed E-state index contributed by atoms with van der Waals surface area (Å²) < 4.78 is 42.0. The number of ether oxygens (including phenoxy) is 3. The third-order valence-electron chi connectivity index (χ3n) is 4.90. The molecule has 0 bridgehead atoms. The van der Waals surface area contributed by atoms with E-state index in [1.165, 1.54) is 27.2 Å². The number of aryl methyl sites for hydroxylation is 1. The summed E-state index contributed by atoms with van der Waals surface area (Å²) in [5.41, 5.74) is 1.25. The summed E-state index contributed by atoms with van der Waals surface area (Å²) in [5.74, 6) is 0.437. The van der Waals surface area contributed by atoms with Crippen LogP contribution in [0.15, 0.2) is 35.2 Å². The van der Waals surface area contributed by atoms with Crippen LogP contribution in [0, 0.1) is 6.92 Å². The van der Waals surface area contributed by atoms with Gasteiger partial charge >= 0.3 is 0 Å². The van der Waals surface area contributed by atoms with Gasteiger partial charge in [0.05, 0.1) is 35.7 Å². The monoisotopic (exact) mass is 448 g/mol. The number of methoxy groups -OCH3 is 2. The van der Waals surface area contributed by atoms with Crippen molar-refractivity contribution in [2.75, 3.05) is 31.5 Å². The van der Waals surface area contributed by atoms with Crippen molar-refractivity contribution in [3.8, 4) is 17.2 Å². The van der Waals surface area contributed by atoms with Gasteiger partial charge in [-0.05, 0) is 37.6 Å². The molecular formula is C21H24N2O7S. The Balaban J connectivity index is 1.79. The highest BCUT2D eigenvalue weighted by Crippen LogP contribution is 2.35. The Kier molecular flexibility index (Phi) is 6.40. The lowest BCUT2D eigenvalue weighted by atomic mass is 10.2. The molecule has 0 spiro atoms. The number of fused-ring (bicyclic) bond motifs is 1. The summed E-state index contributed by atoms with van der Waals surface area (Å²) in [7, 11) is -0.878. The molecule has 1 atom stereocenters. The molecule has 1 aliphatic rings. The van der Waals surface area contributed by atoms with E-state index in [0.29, 0.717) is 28.4 Å². The number of sulfone groups is 1. The van der Waals surface area contributed by atoms with E-state index in [9.17, 15) is 18.0 Å². The predicted molar refractivity (Wildman–Crippen MR) is 115 cm³/mol. The van der Waals surface area contributed by atoms with E-state index in [1.807, 2.05) is 0 Å². The van der Waals surface area contributed by atoms with Gasteiger partial charge in [0.2, 0.25) is 5.91 Å². The van der Waals surface area contributed by atoms with E-state index in [2.05, 4.69) is 10.6 Å². The first-order valence-electron chi connectivity index (χ1n) is 9.48. The van der Waals surface area contributed by atoms with Crippen LogP contribution in [0.1, 0.15) is 18.9 Å². The zero-order valence-corrected chi connectivity index (χ0v) is 18.5. The van der Waals surface area contributed by atoms with Crippen LogP contribution in [0.2, 0.25) is 0 Å². The maximum absolute atomic E-state index is 13.1. The van der Waals surface area contributed by atoms with Crippen LogP contribution in [0.25, 0.3) is 0 Å². The summed E-state index contributed by atoms with van der Waals surface area (Å²) in [6.45, 7) is 2.91. The normalized spacial score (nSPS) is 14.0. The Morgan fingerprint density at radius 3 is 2.65 bits per heavy atom. The second kappa shape index (κ2) is 8.84. The second-order valence-corrected chi connectivity index (χ2v) is 9.46. The molecule has 0 saturated carbocycles. The van der Waals surface area contributed by atoms with Crippen molar-refractivity contribution in [1.82, 2.24) is 0 Å². The van der Waals surface area contributed by atoms with Crippen molar-refractivity contribution in [1.29, 1.82) is 0 Å². The molecule has 2 N–H and O–H groups in total. The third kappa shape index (κ3) is 4.74. The molecule has 31 heavy (non-hydrogen) atoms. The number of carbonyl (C=O) groups is 2. The fourth-order valence-corrected chi connectivity index (χ4v) is 4.81. The minimum absolute atomic E-state index is 0.0571. The Morgan fingerprint density at radius 1 is 1.23 bits per heavy atom. The lowest BCUT2D eigenvalue weighted by molar-refractivity contribution is -0.118. The number of amides is 2. The molecule has 2 aromatic carbocycles. The minimum Gasteiger partial charge on any atom is -0.497 e. The van der Waals surface area contributed by atoms with Crippen molar-refractivity contribution >= 4 is 33.0 Å². The van der Waals surface area contributed by atoms with Gasteiger partial charge in [-0.3, -0.25) is 9.59 Å². The van der Waals surface area contributed by atoms with Gasteiger partial charge in [0.1, 0.15) is 17.2 Å². The summed E-state index contributed by atoms with van der Waals surface area (Å²) >= 11 is 0. The van der Waals surface area contributed by atoms with Crippen LogP contribution < -0.4 is 24.8 Å². The molecule has 9 nitrogen and oxygen atoms in total. The first-order chi connectivity index (χ1) is 14.6. The molecular weight excluding hydrogens is 424 g/mol. The Bertz CT molecular complexity index is 1130. The Hall–Kier alpha value is -3.27. The van der Waals surface area contributed by atoms with Gasteiger partial charge in [-0.25, -0.2) is 8.42 Å². The number of nitrogens with one attached hydrogen (secondary N) is 2. The van der Waals surface area contributed by atoms with Gasteiger partial charge in [0.15, 0.2) is 16.4 Å². The molecule has 10 heteroatoms. The summed E-state index contributed by atoms with van der Waals surface area (Å²) in [6.07, 6.45) is -0.267. The summed E-state index contributed by atoms with van der Waals surface area (Å²) in [5, 5.41) is 4.32. The highest BCUT2D eigenvalue weighted by Gasteiger charge is 2.30. The number of hydrogen-bond acceptors (Lipinski definition) is 7. The van der Waals surface area contributed by atoms with Gasteiger partial charge in [0.25, 0.3) is 5.91 Å². The fourth-order valence-electron chi connectivity index (χ4n) is 3.22. The molecule has 0 aliphatic carbocycles. The minimum atomic E-state index is -3.84. The fraction of sp³-hybridized carbons (Fsp3) is 0.333. The highest BCUT2D eigenvalue weighted by molar-refractivity contribution is 7.92. The van der Waals surface area contributed by atoms with Gasteiger partial charge in [-0.2, -0.15) is 0 Å². The van der Waals surface area contributed by atoms with Crippen LogP contribution in [-0.4, -0.2) is 46.3 Å². The van der Waals surface area contributed by atoms with E-state index >= 15 is 0 Å². The van der Waals surface area contributed by atoms with Crippen molar-refractivity contribution in [3.63, 3.8) is 0 Å². The van der Waals surface area contributed by atoms with Gasteiger partial charge in [-0.15, -0.1) is 0 Å². The first kappa shape index (κ1) is 22.4. The molecule has 0 saturated heterocycles. The Morgan fingerprint density at radius 2 is 1.97 bits per heavy atom. The summed E-state index contributed by atoms with van der Waals surface area (Å²) in [6, 6.07) is 7.86. The molecule has 2 amide bonds. The molecule has 0 unspecified atom stereocenters. The van der Waals surface area contributed by atoms with Crippen LogP contribution in [-0.2, 0) is 19.4 Å². The van der Waals surface area contributed by atoms with Crippen molar-refractivity contribution in [3.05, 3.63) is 35.9 Å². The summed E-state index contributed by atoms with van der Waals surface area (Å²) in [4.78, 5) is 24.1. The second-order valence-electron chi connectivity index (χ2n) is 7.12. The largest absolute Gasteiger partial charge is 0.497 e. The SMILES string of the molecule is COc1ccc(OC)c(NC(=O)C[C@@H](C)S(=O)(=O)c2cc3c(cc2C)NC(=O)CO3)c1. The first-order valence-corrected chi connectivity index (χ1v) is 11.0. The van der Waals surface area contributed by atoms with Crippen LogP contribution >= 0.6 is 0 Å². The van der Waals surface area contributed by atoms with Gasteiger partial charge in [-0.1, -0.05) is 0 Å². The lowest BCUT2D eigenvalue weighted by Gasteiger charge is -2.21. The number of hydrogen-bond donors (Lipinski definition) is 2. The van der Waals surface area contributed by atoms with Crippen LogP contribution in [0.5, 0.6) is 17.2 Å². The number of anilines is 2. The lowest BCUT2D eigenvalue weighted by Crippen LogP contribution is -2.27. The zero-order chi connectivity index (χ0) is 22.8. The maximum Gasteiger partial charge on any atom is 0.262 e. The van der Waals surface area contributed by atoms with Crippen LogP contribution in [0.3, 0.4) is 0 Å². The molecule has 0 radical (unpaired) electrons. The zero-order valence-electron chi connectivity index (χ0n) is 17.6. The molecule has 166 valence electrons.